The second-order valence-corrected chi connectivity index (χ2v) is 6.20. The summed E-state index contributed by atoms with van der Waals surface area (Å²) in [7, 11) is 0. The number of nitrogens with one attached hydrogen (secondary N) is 2. The summed E-state index contributed by atoms with van der Waals surface area (Å²) in [5, 5.41) is 6.22. The topological polar surface area (TPSA) is 63.2 Å². The molecule has 1 amide bonds. The van der Waals surface area contributed by atoms with Crippen molar-refractivity contribution in [3.8, 4) is 5.75 Å². The van der Waals surface area contributed by atoms with Crippen molar-refractivity contribution in [2.75, 3.05) is 17.2 Å². The van der Waals surface area contributed by atoms with Gasteiger partial charge < -0.3 is 15.4 Å². The summed E-state index contributed by atoms with van der Waals surface area (Å²) in [5.74, 6) is 1.15. The quantitative estimate of drug-likeness (QED) is 0.642. The van der Waals surface area contributed by atoms with Crippen molar-refractivity contribution in [3.05, 3.63) is 77.5 Å². The number of hydrogen-bond donors (Lipinski definition) is 2. The average molecular weight is 361 g/mol. The number of carbonyl (C=O) groups excluding carboxylic acids is 1. The molecule has 5 heteroatoms. The molecule has 2 aromatic carbocycles. The molecule has 0 atom stereocenters. The maximum absolute atomic E-state index is 12.7. The van der Waals surface area contributed by atoms with E-state index in [1.165, 1.54) is 0 Å². The molecule has 0 unspecified atom stereocenters. The summed E-state index contributed by atoms with van der Waals surface area (Å²) in [6.45, 7) is 6.47. The third-order valence-electron chi connectivity index (χ3n) is 4.19. The van der Waals surface area contributed by atoms with Crippen molar-refractivity contribution in [3.63, 3.8) is 0 Å². The molecule has 0 radical (unpaired) electrons. The number of aromatic nitrogens is 1. The Morgan fingerprint density at radius 2 is 1.78 bits per heavy atom. The molecule has 27 heavy (non-hydrogen) atoms. The van der Waals surface area contributed by atoms with Gasteiger partial charge in [0.05, 0.1) is 12.3 Å². The Bertz CT molecular complexity index is 934. The molecular weight excluding hydrogens is 338 g/mol. The van der Waals surface area contributed by atoms with Gasteiger partial charge in [0.1, 0.15) is 11.6 Å². The summed E-state index contributed by atoms with van der Waals surface area (Å²) in [6.07, 6.45) is 1.62. The van der Waals surface area contributed by atoms with Gasteiger partial charge in [-0.2, -0.15) is 0 Å². The SMILES string of the molecule is CCOc1ccccc1Nc1cc(C(=O)Nc2c(C)cccc2C)ccn1. The second-order valence-electron chi connectivity index (χ2n) is 6.20. The Hall–Kier alpha value is -3.34. The van der Waals surface area contributed by atoms with Gasteiger partial charge in [-0.1, -0.05) is 30.3 Å². The zero-order chi connectivity index (χ0) is 19.2. The molecular formula is C22H23N3O2. The molecule has 2 N–H and O–H groups in total. The van der Waals surface area contributed by atoms with Gasteiger partial charge in [0.25, 0.3) is 5.91 Å². The van der Waals surface area contributed by atoms with Crippen LogP contribution < -0.4 is 15.4 Å². The van der Waals surface area contributed by atoms with Gasteiger partial charge >= 0.3 is 0 Å². The Morgan fingerprint density at radius 3 is 2.52 bits per heavy atom. The average Bonchev–Trinajstić information content (AvgIpc) is 2.67. The predicted octanol–water partition coefficient (Wildman–Crippen LogP) is 5.09. The van der Waals surface area contributed by atoms with E-state index in [1.807, 2.05) is 63.2 Å². The fraction of sp³-hybridized carbons (Fsp3) is 0.182. The van der Waals surface area contributed by atoms with Crippen molar-refractivity contribution in [1.29, 1.82) is 0 Å². The minimum atomic E-state index is -0.170. The summed E-state index contributed by atoms with van der Waals surface area (Å²) in [5.41, 5.74) is 4.24. The van der Waals surface area contributed by atoms with Crippen LogP contribution in [0.1, 0.15) is 28.4 Å². The first kappa shape index (κ1) is 18.5. The standard InChI is InChI=1S/C22H23N3O2/c1-4-27-19-11-6-5-10-18(19)24-20-14-17(12-13-23-20)22(26)25-21-15(2)8-7-9-16(21)3/h5-14H,4H2,1-3H3,(H,23,24)(H,25,26). The first-order chi connectivity index (χ1) is 13.1. The van der Waals surface area contributed by atoms with Crippen LogP contribution in [0.4, 0.5) is 17.2 Å². The van der Waals surface area contributed by atoms with Crippen molar-refractivity contribution in [2.24, 2.45) is 0 Å². The van der Waals surface area contributed by atoms with Crippen LogP contribution in [0.25, 0.3) is 0 Å². The molecule has 0 spiro atoms. The highest BCUT2D eigenvalue weighted by Crippen LogP contribution is 2.27. The molecule has 0 aliphatic rings. The van der Waals surface area contributed by atoms with E-state index in [4.69, 9.17) is 4.74 Å². The van der Waals surface area contributed by atoms with Crippen molar-refractivity contribution < 1.29 is 9.53 Å². The summed E-state index contributed by atoms with van der Waals surface area (Å²) >= 11 is 0. The third kappa shape index (κ3) is 4.44. The molecule has 0 fully saturated rings. The monoisotopic (exact) mass is 361 g/mol. The van der Waals surface area contributed by atoms with Crippen LogP contribution in [0.2, 0.25) is 0 Å². The molecule has 5 nitrogen and oxygen atoms in total. The number of para-hydroxylation sites is 3. The Kier molecular flexibility index (Phi) is 5.71. The third-order valence-corrected chi connectivity index (χ3v) is 4.19. The Labute approximate surface area is 159 Å². The summed E-state index contributed by atoms with van der Waals surface area (Å²) in [4.78, 5) is 17.0. The van der Waals surface area contributed by atoms with Gasteiger partial charge in [0, 0.05) is 17.4 Å². The number of ether oxygens (including phenoxy) is 1. The molecule has 1 aromatic heterocycles. The van der Waals surface area contributed by atoms with Crippen LogP contribution in [0.15, 0.2) is 60.8 Å². The van der Waals surface area contributed by atoms with E-state index in [2.05, 4.69) is 15.6 Å². The lowest BCUT2D eigenvalue weighted by molar-refractivity contribution is 0.102. The predicted molar refractivity (Wildman–Crippen MR) is 109 cm³/mol. The van der Waals surface area contributed by atoms with Gasteiger partial charge in [-0.3, -0.25) is 4.79 Å². The number of rotatable bonds is 6. The Balaban J connectivity index is 1.81. The van der Waals surface area contributed by atoms with Crippen LogP contribution in [-0.2, 0) is 0 Å². The number of anilines is 3. The molecule has 0 aliphatic carbocycles. The highest BCUT2D eigenvalue weighted by molar-refractivity contribution is 6.05. The van der Waals surface area contributed by atoms with Crippen LogP contribution in [0.5, 0.6) is 5.75 Å². The summed E-state index contributed by atoms with van der Waals surface area (Å²) in [6, 6.07) is 17.0. The summed E-state index contributed by atoms with van der Waals surface area (Å²) < 4.78 is 5.62. The molecule has 3 rings (SSSR count). The van der Waals surface area contributed by atoms with Gasteiger partial charge in [0.2, 0.25) is 0 Å². The number of pyridine rings is 1. The lowest BCUT2D eigenvalue weighted by atomic mass is 10.1. The van der Waals surface area contributed by atoms with E-state index in [9.17, 15) is 4.79 Å². The molecule has 1 heterocycles. The fourth-order valence-electron chi connectivity index (χ4n) is 2.83. The number of amides is 1. The van der Waals surface area contributed by atoms with Gasteiger partial charge in [-0.25, -0.2) is 4.98 Å². The van der Waals surface area contributed by atoms with Gasteiger partial charge in [-0.05, 0) is 56.2 Å². The molecule has 0 bridgehead atoms. The van der Waals surface area contributed by atoms with Crippen LogP contribution in [0.3, 0.4) is 0 Å². The number of benzene rings is 2. The molecule has 3 aromatic rings. The largest absolute Gasteiger partial charge is 0.492 e. The normalized spacial score (nSPS) is 10.3. The van der Waals surface area contributed by atoms with E-state index in [-0.39, 0.29) is 5.91 Å². The molecule has 0 saturated carbocycles. The maximum Gasteiger partial charge on any atom is 0.255 e. The lowest BCUT2D eigenvalue weighted by Gasteiger charge is -2.13. The van der Waals surface area contributed by atoms with E-state index in [1.54, 1.807) is 18.3 Å². The number of carbonyl (C=O) groups is 1. The van der Waals surface area contributed by atoms with Gasteiger partial charge in [-0.15, -0.1) is 0 Å². The van der Waals surface area contributed by atoms with Crippen LogP contribution in [-0.4, -0.2) is 17.5 Å². The number of hydrogen-bond acceptors (Lipinski definition) is 4. The Morgan fingerprint density at radius 1 is 1.04 bits per heavy atom. The van der Waals surface area contributed by atoms with Crippen LogP contribution in [0, 0.1) is 13.8 Å². The first-order valence-electron chi connectivity index (χ1n) is 8.91. The van der Waals surface area contributed by atoms with Crippen molar-refractivity contribution >= 4 is 23.1 Å². The molecule has 0 aliphatic heterocycles. The zero-order valence-corrected chi connectivity index (χ0v) is 15.7. The highest BCUT2D eigenvalue weighted by atomic mass is 16.5. The second kappa shape index (κ2) is 8.36. The van der Waals surface area contributed by atoms with E-state index < -0.39 is 0 Å². The fourth-order valence-corrected chi connectivity index (χ4v) is 2.83. The van der Waals surface area contributed by atoms with Crippen molar-refractivity contribution in [1.82, 2.24) is 4.98 Å². The lowest BCUT2D eigenvalue weighted by Crippen LogP contribution is -2.14. The van der Waals surface area contributed by atoms with E-state index in [0.29, 0.717) is 18.0 Å². The minimum Gasteiger partial charge on any atom is -0.492 e. The van der Waals surface area contributed by atoms with Gasteiger partial charge in [0.15, 0.2) is 0 Å². The molecule has 0 saturated heterocycles. The number of nitrogens with zero attached hydrogens (tertiary/aromatic N) is 1. The first-order valence-corrected chi connectivity index (χ1v) is 8.91. The van der Waals surface area contributed by atoms with Crippen molar-refractivity contribution in [2.45, 2.75) is 20.8 Å². The van der Waals surface area contributed by atoms with Crippen LogP contribution >= 0.6 is 0 Å². The van der Waals surface area contributed by atoms with E-state index >= 15 is 0 Å². The zero-order valence-electron chi connectivity index (χ0n) is 15.7. The maximum atomic E-state index is 12.7. The highest BCUT2D eigenvalue weighted by Gasteiger charge is 2.11. The minimum absolute atomic E-state index is 0.170. The molecule has 138 valence electrons. The number of aryl methyl sites for hydroxylation is 2. The van der Waals surface area contributed by atoms with E-state index in [0.717, 1.165) is 28.3 Å². The smallest absolute Gasteiger partial charge is 0.255 e.